The Bertz CT molecular complexity index is 368. The van der Waals surface area contributed by atoms with E-state index in [2.05, 4.69) is 0 Å². The third-order valence-corrected chi connectivity index (χ3v) is 3.16. The van der Waals surface area contributed by atoms with E-state index in [1.54, 1.807) is 6.92 Å². The number of hydrogen-bond donors (Lipinski definition) is 0. The molecular formula is C10H10Cl6O3. The normalized spacial score (nSPS) is 16.2. The molecule has 3 nitrogen and oxygen atoms in total. The van der Waals surface area contributed by atoms with E-state index in [0.717, 1.165) is 0 Å². The van der Waals surface area contributed by atoms with Gasteiger partial charge in [-0.2, -0.15) is 0 Å². The van der Waals surface area contributed by atoms with Gasteiger partial charge in [0, 0.05) is 0 Å². The average molecular weight is 391 g/mol. The third-order valence-electron chi connectivity index (χ3n) is 2.05. The van der Waals surface area contributed by atoms with Crippen molar-refractivity contribution in [1.82, 2.24) is 0 Å². The molecule has 0 saturated heterocycles. The van der Waals surface area contributed by atoms with E-state index < -0.39 is 31.2 Å². The molecule has 9 heteroatoms. The molecule has 0 bridgehead atoms. The minimum absolute atomic E-state index is 0.838. The van der Waals surface area contributed by atoms with Crippen molar-refractivity contribution in [3.05, 3.63) is 12.3 Å². The number of hydrogen-bond acceptors (Lipinski definition) is 3. The molecule has 0 aliphatic rings. The number of allylic oxidation sites excluding steroid dienone is 1. The zero-order chi connectivity index (χ0) is 15.4. The fourth-order valence-electron chi connectivity index (χ4n) is 1.13. The SMILES string of the molecule is CC=COC(C(=O)C(Cl)(Cl)Cl)C(C)C(=O)C(Cl)(Cl)Cl. The lowest BCUT2D eigenvalue weighted by molar-refractivity contribution is -0.136. The molecule has 0 aromatic carbocycles. The van der Waals surface area contributed by atoms with Crippen molar-refractivity contribution < 1.29 is 14.3 Å². The maximum Gasteiger partial charge on any atom is 0.252 e. The van der Waals surface area contributed by atoms with Gasteiger partial charge in [0.25, 0.3) is 3.79 Å². The molecule has 0 aromatic heterocycles. The number of carbonyl (C=O) groups excluding carboxylic acids is 2. The number of ether oxygens (including phenoxy) is 1. The quantitative estimate of drug-likeness (QED) is 0.515. The van der Waals surface area contributed by atoms with Gasteiger partial charge in [-0.05, 0) is 6.92 Å². The molecule has 19 heavy (non-hydrogen) atoms. The molecule has 0 rings (SSSR count). The van der Waals surface area contributed by atoms with Crippen LogP contribution in [-0.4, -0.2) is 25.3 Å². The lowest BCUT2D eigenvalue weighted by atomic mass is 9.97. The van der Waals surface area contributed by atoms with Crippen molar-refractivity contribution in [3.63, 3.8) is 0 Å². The van der Waals surface area contributed by atoms with Crippen LogP contribution < -0.4 is 0 Å². The van der Waals surface area contributed by atoms with Gasteiger partial charge in [-0.25, -0.2) is 0 Å². The number of carbonyl (C=O) groups is 2. The Morgan fingerprint density at radius 2 is 1.42 bits per heavy atom. The summed E-state index contributed by atoms with van der Waals surface area (Å²) in [5, 5.41) is 0. The first-order valence-electron chi connectivity index (χ1n) is 4.91. The Balaban J connectivity index is 5.27. The number of alkyl halides is 6. The topological polar surface area (TPSA) is 43.4 Å². The van der Waals surface area contributed by atoms with Crippen molar-refractivity contribution in [1.29, 1.82) is 0 Å². The highest BCUT2D eigenvalue weighted by Gasteiger charge is 2.46. The second-order valence-electron chi connectivity index (χ2n) is 3.54. The summed E-state index contributed by atoms with van der Waals surface area (Å²) >= 11 is 32.9. The van der Waals surface area contributed by atoms with E-state index in [1.807, 2.05) is 0 Å². The molecule has 0 aliphatic heterocycles. The summed E-state index contributed by atoms with van der Waals surface area (Å²) in [7, 11) is 0. The zero-order valence-electron chi connectivity index (χ0n) is 9.80. The highest BCUT2D eigenvalue weighted by atomic mass is 35.6. The maximum atomic E-state index is 11.9. The van der Waals surface area contributed by atoms with Crippen LogP contribution in [0.5, 0.6) is 0 Å². The highest BCUT2D eigenvalue weighted by Crippen LogP contribution is 2.35. The minimum atomic E-state index is -2.24. The molecule has 0 aromatic rings. The first-order chi connectivity index (χ1) is 8.42. The zero-order valence-corrected chi connectivity index (χ0v) is 14.3. The summed E-state index contributed by atoms with van der Waals surface area (Å²) in [6, 6.07) is 0. The van der Waals surface area contributed by atoms with Crippen LogP contribution in [0.15, 0.2) is 12.3 Å². The van der Waals surface area contributed by atoms with Crippen molar-refractivity contribution in [3.8, 4) is 0 Å². The number of ketones is 2. The summed E-state index contributed by atoms with van der Waals surface area (Å²) in [5.41, 5.74) is 0. The predicted molar refractivity (Wildman–Crippen MR) is 79.4 cm³/mol. The van der Waals surface area contributed by atoms with Gasteiger partial charge in [-0.3, -0.25) is 9.59 Å². The van der Waals surface area contributed by atoms with Crippen molar-refractivity contribution in [2.75, 3.05) is 0 Å². The van der Waals surface area contributed by atoms with E-state index in [4.69, 9.17) is 74.3 Å². The molecule has 110 valence electrons. The molecule has 0 amide bonds. The molecule has 0 heterocycles. The number of Topliss-reactive ketones (excluding diaryl/α,β-unsaturated/α-hetero) is 2. The summed E-state index contributed by atoms with van der Waals surface area (Å²) < 4.78 is 0.646. The van der Waals surface area contributed by atoms with E-state index in [0.29, 0.717) is 0 Å². The first kappa shape index (κ1) is 19.6. The van der Waals surface area contributed by atoms with Crippen LogP contribution in [0.4, 0.5) is 0 Å². The largest absolute Gasteiger partial charge is 0.490 e. The van der Waals surface area contributed by atoms with Gasteiger partial charge in [0.2, 0.25) is 9.58 Å². The standard InChI is InChI=1S/C10H10Cl6O3/c1-3-4-19-6(8(18)10(14,15)16)5(2)7(17)9(11,12)13/h3-6H,1-2H3. The molecule has 2 unspecified atom stereocenters. The monoisotopic (exact) mass is 388 g/mol. The molecule has 2 atom stereocenters. The van der Waals surface area contributed by atoms with Crippen LogP contribution in [0, 0.1) is 5.92 Å². The number of rotatable bonds is 5. The highest BCUT2D eigenvalue weighted by molar-refractivity contribution is 6.77. The van der Waals surface area contributed by atoms with E-state index in [9.17, 15) is 9.59 Å². The maximum absolute atomic E-state index is 11.9. The molecule has 0 N–H and O–H groups in total. The molecule has 0 saturated carbocycles. The molecule has 0 spiro atoms. The lowest BCUT2D eigenvalue weighted by Crippen LogP contribution is -2.43. The summed E-state index contributed by atoms with van der Waals surface area (Å²) in [5.74, 6) is -2.87. The van der Waals surface area contributed by atoms with Crippen LogP contribution in [-0.2, 0) is 14.3 Å². The molecule has 0 aliphatic carbocycles. The first-order valence-corrected chi connectivity index (χ1v) is 7.18. The van der Waals surface area contributed by atoms with Gasteiger partial charge in [0.1, 0.15) is 0 Å². The van der Waals surface area contributed by atoms with Crippen molar-refractivity contribution in [2.24, 2.45) is 5.92 Å². The van der Waals surface area contributed by atoms with Crippen LogP contribution in [0.3, 0.4) is 0 Å². The lowest BCUT2D eigenvalue weighted by Gasteiger charge is -2.26. The Kier molecular flexibility index (Phi) is 7.83. The molecule has 0 fully saturated rings. The van der Waals surface area contributed by atoms with Crippen LogP contribution in [0.25, 0.3) is 0 Å². The molecule has 0 radical (unpaired) electrons. The second-order valence-corrected chi connectivity index (χ2v) is 8.10. The van der Waals surface area contributed by atoms with Crippen molar-refractivity contribution >= 4 is 81.2 Å². The molecular weight excluding hydrogens is 381 g/mol. The van der Waals surface area contributed by atoms with Gasteiger partial charge in [0.05, 0.1) is 12.2 Å². The number of halogens is 6. The van der Waals surface area contributed by atoms with Crippen molar-refractivity contribution in [2.45, 2.75) is 27.5 Å². The Morgan fingerprint density at radius 1 is 1.00 bits per heavy atom. The third kappa shape index (κ3) is 6.28. The fraction of sp³-hybridized carbons (Fsp3) is 0.600. The Labute approximate surface area is 141 Å². The smallest absolute Gasteiger partial charge is 0.252 e. The Hall–Kier alpha value is 0.620. The average Bonchev–Trinajstić information content (AvgIpc) is 2.25. The summed E-state index contributed by atoms with van der Waals surface area (Å²) in [6.07, 6.45) is 1.30. The Morgan fingerprint density at radius 3 is 1.74 bits per heavy atom. The van der Waals surface area contributed by atoms with Gasteiger partial charge < -0.3 is 4.74 Å². The van der Waals surface area contributed by atoms with Gasteiger partial charge >= 0.3 is 0 Å². The fourth-order valence-corrected chi connectivity index (χ4v) is 1.97. The van der Waals surface area contributed by atoms with Crippen LogP contribution >= 0.6 is 69.6 Å². The van der Waals surface area contributed by atoms with Gasteiger partial charge in [0.15, 0.2) is 11.9 Å². The van der Waals surface area contributed by atoms with E-state index in [-0.39, 0.29) is 0 Å². The van der Waals surface area contributed by atoms with Gasteiger partial charge in [-0.15, -0.1) is 0 Å². The van der Waals surface area contributed by atoms with Crippen LogP contribution in [0.1, 0.15) is 13.8 Å². The minimum Gasteiger partial charge on any atom is -0.490 e. The van der Waals surface area contributed by atoms with E-state index >= 15 is 0 Å². The second kappa shape index (κ2) is 7.58. The summed E-state index contributed by atoms with van der Waals surface area (Å²) in [4.78, 5) is 23.7. The summed E-state index contributed by atoms with van der Waals surface area (Å²) in [6.45, 7) is 2.98. The van der Waals surface area contributed by atoms with E-state index in [1.165, 1.54) is 19.3 Å². The van der Waals surface area contributed by atoms with Crippen LogP contribution in [0.2, 0.25) is 0 Å². The van der Waals surface area contributed by atoms with Gasteiger partial charge in [-0.1, -0.05) is 82.6 Å². The predicted octanol–water partition coefficient (Wildman–Crippen LogP) is 4.42.